The second-order valence-corrected chi connectivity index (χ2v) is 5.99. The van der Waals surface area contributed by atoms with Crippen LogP contribution in [-0.2, 0) is 0 Å². The molecule has 0 aliphatic carbocycles. The quantitative estimate of drug-likeness (QED) is 0.528. The van der Waals surface area contributed by atoms with E-state index in [0.717, 1.165) is 17.7 Å². The lowest BCUT2D eigenvalue weighted by atomic mass is 10.2. The highest BCUT2D eigenvalue weighted by molar-refractivity contribution is 6.31. The molecule has 2 aromatic carbocycles. The van der Waals surface area contributed by atoms with Gasteiger partial charge in [0.25, 0.3) is 0 Å². The number of halogens is 3. The summed E-state index contributed by atoms with van der Waals surface area (Å²) in [5, 5.41) is 4.26. The maximum Gasteiger partial charge on any atom is 0.163 e. The molecule has 2 heterocycles. The fraction of sp³-hybridized carbons (Fsp3) is 0. The molecule has 4 rings (SSSR count). The van der Waals surface area contributed by atoms with E-state index in [1.807, 2.05) is 6.07 Å². The first-order valence-electron chi connectivity index (χ1n) is 7.70. The Kier molecular flexibility index (Phi) is 4.18. The standard InChI is InChI=1S/C19H11ClF2N4/c20-12-3-5-14-17(8-12)25-18(11-2-1-7-23-10-11)26-19(14)24-13-4-6-15(21)16(22)9-13/h1-10H,(H,24,25,26). The smallest absolute Gasteiger partial charge is 0.163 e. The molecule has 0 fully saturated rings. The van der Waals surface area contributed by atoms with E-state index >= 15 is 0 Å². The van der Waals surface area contributed by atoms with Crippen LogP contribution in [0.1, 0.15) is 0 Å². The van der Waals surface area contributed by atoms with Crippen molar-refractivity contribution in [2.45, 2.75) is 0 Å². The average molecular weight is 369 g/mol. The maximum atomic E-state index is 13.5. The summed E-state index contributed by atoms with van der Waals surface area (Å²) in [6.07, 6.45) is 3.30. The fourth-order valence-corrected chi connectivity index (χ4v) is 2.70. The van der Waals surface area contributed by atoms with E-state index in [4.69, 9.17) is 11.6 Å². The highest BCUT2D eigenvalue weighted by atomic mass is 35.5. The molecule has 2 aromatic heterocycles. The SMILES string of the molecule is Fc1ccc(Nc2nc(-c3cccnc3)nc3cc(Cl)ccc23)cc1F. The molecule has 0 amide bonds. The summed E-state index contributed by atoms with van der Waals surface area (Å²) >= 11 is 6.08. The molecule has 0 spiro atoms. The molecule has 0 saturated carbocycles. The molecule has 0 radical (unpaired) electrons. The number of anilines is 2. The Morgan fingerprint density at radius 1 is 0.923 bits per heavy atom. The van der Waals surface area contributed by atoms with E-state index in [1.54, 1.807) is 36.7 Å². The summed E-state index contributed by atoms with van der Waals surface area (Å²) in [7, 11) is 0. The van der Waals surface area contributed by atoms with Crippen molar-refractivity contribution in [2.24, 2.45) is 0 Å². The highest BCUT2D eigenvalue weighted by Gasteiger charge is 2.11. The van der Waals surface area contributed by atoms with Gasteiger partial charge in [-0.1, -0.05) is 11.6 Å². The number of nitrogens with one attached hydrogen (secondary N) is 1. The van der Waals surface area contributed by atoms with Gasteiger partial charge in [-0.15, -0.1) is 0 Å². The topological polar surface area (TPSA) is 50.7 Å². The third-order valence-electron chi connectivity index (χ3n) is 3.76. The van der Waals surface area contributed by atoms with E-state index in [-0.39, 0.29) is 0 Å². The predicted molar refractivity (Wildman–Crippen MR) is 97.4 cm³/mol. The Balaban J connectivity index is 1.87. The van der Waals surface area contributed by atoms with Crippen LogP contribution < -0.4 is 5.32 Å². The number of hydrogen-bond donors (Lipinski definition) is 1. The van der Waals surface area contributed by atoms with Gasteiger partial charge in [0.2, 0.25) is 0 Å². The van der Waals surface area contributed by atoms with Gasteiger partial charge < -0.3 is 5.32 Å². The number of aromatic nitrogens is 3. The number of nitrogens with zero attached hydrogens (tertiary/aromatic N) is 3. The van der Waals surface area contributed by atoms with Crippen LogP contribution in [0.2, 0.25) is 5.02 Å². The second-order valence-electron chi connectivity index (χ2n) is 5.55. The van der Waals surface area contributed by atoms with E-state index in [9.17, 15) is 8.78 Å². The lowest BCUT2D eigenvalue weighted by Gasteiger charge is -2.11. The minimum Gasteiger partial charge on any atom is -0.340 e. The predicted octanol–water partition coefficient (Wildman–Crippen LogP) is 5.37. The molecule has 4 aromatic rings. The zero-order valence-corrected chi connectivity index (χ0v) is 14.0. The van der Waals surface area contributed by atoms with Crippen LogP contribution in [0.15, 0.2) is 60.9 Å². The summed E-state index contributed by atoms with van der Waals surface area (Å²) < 4.78 is 26.7. The van der Waals surface area contributed by atoms with Gasteiger partial charge in [0.15, 0.2) is 17.5 Å². The van der Waals surface area contributed by atoms with Crippen LogP contribution in [0.3, 0.4) is 0 Å². The Morgan fingerprint density at radius 3 is 2.58 bits per heavy atom. The molecule has 1 N–H and O–H groups in total. The molecule has 0 aliphatic heterocycles. The number of hydrogen-bond acceptors (Lipinski definition) is 4. The van der Waals surface area contributed by atoms with Gasteiger partial charge in [-0.25, -0.2) is 18.7 Å². The molecular formula is C19H11ClF2N4. The number of benzene rings is 2. The van der Waals surface area contributed by atoms with Crippen molar-refractivity contribution in [3.05, 3.63) is 77.6 Å². The number of pyridine rings is 1. The molecule has 0 aliphatic rings. The van der Waals surface area contributed by atoms with Crippen LogP contribution in [0.25, 0.3) is 22.3 Å². The van der Waals surface area contributed by atoms with E-state index in [0.29, 0.717) is 33.3 Å². The zero-order valence-electron chi connectivity index (χ0n) is 13.2. The molecule has 0 saturated heterocycles. The first-order chi connectivity index (χ1) is 12.6. The minimum atomic E-state index is -0.941. The summed E-state index contributed by atoms with van der Waals surface area (Å²) in [4.78, 5) is 13.1. The van der Waals surface area contributed by atoms with Gasteiger partial charge >= 0.3 is 0 Å². The van der Waals surface area contributed by atoms with Crippen molar-refractivity contribution in [3.63, 3.8) is 0 Å². The molecule has 128 valence electrons. The van der Waals surface area contributed by atoms with Crippen molar-refractivity contribution in [2.75, 3.05) is 5.32 Å². The molecule has 4 nitrogen and oxygen atoms in total. The molecule has 0 bridgehead atoms. The van der Waals surface area contributed by atoms with Crippen LogP contribution >= 0.6 is 11.6 Å². The van der Waals surface area contributed by atoms with Crippen molar-refractivity contribution >= 4 is 34.0 Å². The Hall–Kier alpha value is -3.12. The maximum absolute atomic E-state index is 13.5. The van der Waals surface area contributed by atoms with Crippen molar-refractivity contribution in [1.82, 2.24) is 15.0 Å². The van der Waals surface area contributed by atoms with Crippen molar-refractivity contribution in [1.29, 1.82) is 0 Å². The van der Waals surface area contributed by atoms with Gasteiger partial charge in [0, 0.05) is 40.1 Å². The lowest BCUT2D eigenvalue weighted by molar-refractivity contribution is 0.509. The number of fused-ring (bicyclic) bond motifs is 1. The molecule has 0 atom stereocenters. The van der Waals surface area contributed by atoms with E-state index in [1.165, 1.54) is 6.07 Å². The lowest BCUT2D eigenvalue weighted by Crippen LogP contribution is -2.00. The van der Waals surface area contributed by atoms with Crippen LogP contribution in [0.4, 0.5) is 20.3 Å². The average Bonchev–Trinajstić information content (AvgIpc) is 2.65. The first-order valence-corrected chi connectivity index (χ1v) is 8.08. The van der Waals surface area contributed by atoms with Crippen LogP contribution in [0, 0.1) is 11.6 Å². The Bertz CT molecular complexity index is 1100. The summed E-state index contributed by atoms with van der Waals surface area (Å²) in [5.74, 6) is -0.954. The highest BCUT2D eigenvalue weighted by Crippen LogP contribution is 2.29. The first kappa shape index (κ1) is 16.4. The molecule has 26 heavy (non-hydrogen) atoms. The van der Waals surface area contributed by atoms with Crippen molar-refractivity contribution in [3.8, 4) is 11.4 Å². The van der Waals surface area contributed by atoms with Gasteiger partial charge in [0.05, 0.1) is 5.52 Å². The van der Waals surface area contributed by atoms with E-state index in [2.05, 4.69) is 20.3 Å². The summed E-state index contributed by atoms with van der Waals surface area (Å²) in [6.45, 7) is 0. The fourth-order valence-electron chi connectivity index (χ4n) is 2.53. The largest absolute Gasteiger partial charge is 0.340 e. The third-order valence-corrected chi connectivity index (χ3v) is 4.00. The monoisotopic (exact) mass is 368 g/mol. The normalized spacial score (nSPS) is 10.9. The van der Waals surface area contributed by atoms with Gasteiger partial charge in [-0.2, -0.15) is 0 Å². The number of rotatable bonds is 3. The van der Waals surface area contributed by atoms with Crippen molar-refractivity contribution < 1.29 is 8.78 Å². The van der Waals surface area contributed by atoms with Gasteiger partial charge in [0.1, 0.15) is 5.82 Å². The summed E-state index contributed by atoms with van der Waals surface area (Å²) in [5.41, 5.74) is 1.72. The molecular weight excluding hydrogens is 358 g/mol. The van der Waals surface area contributed by atoms with E-state index < -0.39 is 11.6 Å². The Morgan fingerprint density at radius 2 is 1.81 bits per heavy atom. The zero-order chi connectivity index (χ0) is 18.1. The van der Waals surface area contributed by atoms with Gasteiger partial charge in [-0.3, -0.25) is 4.98 Å². The van der Waals surface area contributed by atoms with Crippen LogP contribution in [-0.4, -0.2) is 15.0 Å². The molecule has 7 heteroatoms. The summed E-state index contributed by atoms with van der Waals surface area (Å²) in [6, 6.07) is 12.4. The molecule has 0 unspecified atom stereocenters. The Labute approximate surface area is 152 Å². The third kappa shape index (κ3) is 3.19. The van der Waals surface area contributed by atoms with Crippen LogP contribution in [0.5, 0.6) is 0 Å². The van der Waals surface area contributed by atoms with Gasteiger partial charge in [-0.05, 0) is 42.5 Å². The second kappa shape index (κ2) is 6.65. The minimum absolute atomic E-state index is 0.371.